The third-order valence-corrected chi connectivity index (χ3v) is 6.94. The predicted molar refractivity (Wildman–Crippen MR) is 115 cm³/mol. The molecule has 2 rings (SSSR count). The number of carbonyl (C=O) groups excluding carboxylic acids is 2. The Morgan fingerprint density at radius 3 is 2.40 bits per heavy atom. The molecule has 168 valence electrons. The van der Waals surface area contributed by atoms with Gasteiger partial charge in [-0.05, 0) is 42.9 Å². The van der Waals surface area contributed by atoms with Crippen LogP contribution in [0, 0.1) is 11.8 Å². The summed E-state index contributed by atoms with van der Waals surface area (Å²) < 4.78 is 33.3. The van der Waals surface area contributed by atoms with Gasteiger partial charge in [-0.2, -0.15) is 4.31 Å². The average molecular weight is 440 g/mol. The highest BCUT2D eigenvalue weighted by molar-refractivity contribution is 7.89. The lowest BCUT2D eigenvalue weighted by atomic mass is 9.94. The standard InChI is InChI=1S/C21H33N3O5S/c1-5-9-22-20(25)8-10-23-21(26)17-6-7-18(29-4)19(12-17)30(27,28)24-13-15(2)11-16(3)14-24/h6-7,12,15-16H,5,8-11,13-14H2,1-4H3,(H,22,25)(H,23,26). The van der Waals surface area contributed by atoms with Gasteiger partial charge in [-0.1, -0.05) is 20.8 Å². The highest BCUT2D eigenvalue weighted by atomic mass is 32.2. The Morgan fingerprint density at radius 1 is 1.13 bits per heavy atom. The lowest BCUT2D eigenvalue weighted by molar-refractivity contribution is -0.120. The van der Waals surface area contributed by atoms with Gasteiger partial charge in [0.2, 0.25) is 15.9 Å². The zero-order valence-electron chi connectivity index (χ0n) is 18.2. The van der Waals surface area contributed by atoms with Crippen molar-refractivity contribution in [2.75, 3.05) is 33.3 Å². The van der Waals surface area contributed by atoms with Crippen molar-refractivity contribution in [3.8, 4) is 5.75 Å². The summed E-state index contributed by atoms with van der Waals surface area (Å²) in [5.41, 5.74) is 0.210. The number of nitrogens with zero attached hydrogens (tertiary/aromatic N) is 1. The van der Waals surface area contributed by atoms with E-state index in [0.29, 0.717) is 19.6 Å². The zero-order chi connectivity index (χ0) is 22.3. The number of rotatable bonds is 9. The maximum atomic E-state index is 13.3. The topological polar surface area (TPSA) is 105 Å². The van der Waals surface area contributed by atoms with Crippen LogP contribution >= 0.6 is 0 Å². The highest BCUT2D eigenvalue weighted by Gasteiger charge is 2.34. The Kier molecular flexibility index (Phi) is 8.66. The fourth-order valence-corrected chi connectivity index (χ4v) is 5.57. The van der Waals surface area contributed by atoms with Crippen molar-refractivity contribution < 1.29 is 22.7 Å². The first-order valence-corrected chi connectivity index (χ1v) is 11.9. The summed E-state index contributed by atoms with van der Waals surface area (Å²) in [6.45, 7) is 7.69. The van der Waals surface area contributed by atoms with Crippen LogP contribution in [0.25, 0.3) is 0 Å². The minimum atomic E-state index is -3.81. The zero-order valence-corrected chi connectivity index (χ0v) is 19.0. The van der Waals surface area contributed by atoms with E-state index in [0.717, 1.165) is 12.8 Å². The number of methoxy groups -OCH3 is 1. The van der Waals surface area contributed by atoms with E-state index in [-0.39, 0.29) is 46.9 Å². The van der Waals surface area contributed by atoms with Crippen LogP contribution in [-0.2, 0) is 14.8 Å². The van der Waals surface area contributed by atoms with Crippen LogP contribution in [0.5, 0.6) is 5.75 Å². The maximum Gasteiger partial charge on any atom is 0.251 e. The van der Waals surface area contributed by atoms with Crippen molar-refractivity contribution in [1.29, 1.82) is 0 Å². The van der Waals surface area contributed by atoms with Crippen LogP contribution in [0.2, 0.25) is 0 Å². The maximum absolute atomic E-state index is 13.3. The van der Waals surface area contributed by atoms with E-state index in [4.69, 9.17) is 4.74 Å². The molecule has 8 nitrogen and oxygen atoms in total. The summed E-state index contributed by atoms with van der Waals surface area (Å²) in [7, 11) is -2.40. The molecule has 1 aromatic rings. The highest BCUT2D eigenvalue weighted by Crippen LogP contribution is 2.32. The summed E-state index contributed by atoms with van der Waals surface area (Å²) in [6.07, 6.45) is 1.99. The summed E-state index contributed by atoms with van der Waals surface area (Å²) in [4.78, 5) is 24.1. The molecule has 30 heavy (non-hydrogen) atoms. The van der Waals surface area contributed by atoms with Gasteiger partial charge < -0.3 is 15.4 Å². The van der Waals surface area contributed by atoms with Crippen LogP contribution in [0.15, 0.2) is 23.1 Å². The van der Waals surface area contributed by atoms with Gasteiger partial charge in [-0.15, -0.1) is 0 Å². The van der Waals surface area contributed by atoms with Gasteiger partial charge in [0.05, 0.1) is 7.11 Å². The van der Waals surface area contributed by atoms with Gasteiger partial charge in [0.25, 0.3) is 5.91 Å². The number of ether oxygens (including phenoxy) is 1. The third kappa shape index (κ3) is 6.18. The minimum Gasteiger partial charge on any atom is -0.495 e. The molecule has 0 spiro atoms. The number of piperidine rings is 1. The van der Waals surface area contributed by atoms with Crippen LogP contribution < -0.4 is 15.4 Å². The lowest BCUT2D eigenvalue weighted by Crippen LogP contribution is -2.42. The monoisotopic (exact) mass is 439 g/mol. The van der Waals surface area contributed by atoms with Crippen LogP contribution in [0.3, 0.4) is 0 Å². The first-order chi connectivity index (χ1) is 14.2. The first-order valence-electron chi connectivity index (χ1n) is 10.4. The molecule has 1 aromatic carbocycles. The molecule has 0 aromatic heterocycles. The van der Waals surface area contributed by atoms with Gasteiger partial charge in [-0.25, -0.2) is 8.42 Å². The number of sulfonamides is 1. The summed E-state index contributed by atoms with van der Waals surface area (Å²) >= 11 is 0. The second-order valence-corrected chi connectivity index (χ2v) is 9.90. The fourth-order valence-electron chi connectivity index (χ4n) is 3.71. The van der Waals surface area contributed by atoms with Gasteiger partial charge in [-0.3, -0.25) is 9.59 Å². The molecule has 9 heteroatoms. The van der Waals surface area contributed by atoms with Gasteiger partial charge >= 0.3 is 0 Å². The Labute approximate surface area is 179 Å². The van der Waals surface area contributed by atoms with E-state index in [9.17, 15) is 18.0 Å². The molecule has 1 heterocycles. The first kappa shape index (κ1) is 24.1. The number of hydrogen-bond donors (Lipinski definition) is 2. The molecule has 0 radical (unpaired) electrons. The number of carbonyl (C=O) groups is 2. The second-order valence-electron chi connectivity index (χ2n) is 7.99. The summed E-state index contributed by atoms with van der Waals surface area (Å²) in [5, 5.41) is 5.41. The smallest absolute Gasteiger partial charge is 0.251 e. The van der Waals surface area contributed by atoms with Gasteiger partial charge in [0, 0.05) is 38.2 Å². The molecule has 2 unspecified atom stereocenters. The minimum absolute atomic E-state index is 0.0142. The SMILES string of the molecule is CCCNC(=O)CCNC(=O)c1ccc(OC)c(S(=O)(=O)N2CC(C)CC(C)C2)c1. The van der Waals surface area contributed by atoms with E-state index in [1.165, 1.54) is 29.6 Å². The number of benzene rings is 1. The van der Waals surface area contributed by atoms with Crippen molar-refractivity contribution in [2.24, 2.45) is 11.8 Å². The van der Waals surface area contributed by atoms with Crippen LogP contribution in [0.1, 0.15) is 50.4 Å². The van der Waals surface area contributed by atoms with Crippen molar-refractivity contribution in [2.45, 2.75) is 44.9 Å². The van der Waals surface area contributed by atoms with Crippen molar-refractivity contribution >= 4 is 21.8 Å². The Morgan fingerprint density at radius 2 is 1.80 bits per heavy atom. The molecule has 0 saturated carbocycles. The van der Waals surface area contributed by atoms with E-state index in [2.05, 4.69) is 10.6 Å². The van der Waals surface area contributed by atoms with Crippen molar-refractivity contribution in [3.63, 3.8) is 0 Å². The molecule has 1 saturated heterocycles. The molecule has 2 amide bonds. The van der Waals surface area contributed by atoms with Gasteiger partial charge in [0.1, 0.15) is 10.6 Å². The normalized spacial score (nSPS) is 19.9. The molecule has 0 bridgehead atoms. The number of hydrogen-bond acceptors (Lipinski definition) is 5. The Hall–Kier alpha value is -2.13. The third-order valence-electron chi connectivity index (χ3n) is 5.09. The van der Waals surface area contributed by atoms with E-state index >= 15 is 0 Å². The van der Waals surface area contributed by atoms with E-state index in [1.807, 2.05) is 20.8 Å². The van der Waals surface area contributed by atoms with Crippen molar-refractivity contribution in [1.82, 2.24) is 14.9 Å². The molecular formula is C21H33N3O5S. The van der Waals surface area contributed by atoms with Crippen molar-refractivity contribution in [3.05, 3.63) is 23.8 Å². The summed E-state index contributed by atoms with van der Waals surface area (Å²) in [5.74, 6) is 0.164. The van der Waals surface area contributed by atoms with Crippen LogP contribution in [0.4, 0.5) is 0 Å². The molecule has 1 aliphatic rings. The average Bonchev–Trinajstić information content (AvgIpc) is 2.70. The Balaban J connectivity index is 2.16. The number of amides is 2. The van der Waals surface area contributed by atoms with Crippen LogP contribution in [-0.4, -0.2) is 57.8 Å². The fraction of sp³-hybridized carbons (Fsp3) is 0.619. The largest absolute Gasteiger partial charge is 0.495 e. The van der Waals surface area contributed by atoms with E-state index < -0.39 is 15.9 Å². The van der Waals surface area contributed by atoms with Gasteiger partial charge in [0.15, 0.2) is 0 Å². The molecule has 1 aliphatic heterocycles. The Bertz CT molecular complexity index is 846. The lowest BCUT2D eigenvalue weighted by Gasteiger charge is -2.34. The summed E-state index contributed by atoms with van der Waals surface area (Å²) in [6, 6.07) is 4.36. The molecule has 2 atom stereocenters. The molecular weight excluding hydrogens is 406 g/mol. The molecule has 2 N–H and O–H groups in total. The quantitative estimate of drug-likeness (QED) is 0.612. The predicted octanol–water partition coefficient (Wildman–Crippen LogP) is 2.01. The van der Waals surface area contributed by atoms with E-state index in [1.54, 1.807) is 0 Å². The number of nitrogens with one attached hydrogen (secondary N) is 2. The second kappa shape index (κ2) is 10.8. The molecule has 1 fully saturated rings. The molecule has 0 aliphatic carbocycles.